The first-order chi connectivity index (χ1) is 18.8. The normalized spacial score (nSPS) is 11.6. The number of amides is 3. The molecule has 0 aromatic heterocycles. The zero-order valence-electron chi connectivity index (χ0n) is 21.9. The summed E-state index contributed by atoms with van der Waals surface area (Å²) in [5.41, 5.74) is 3.57. The van der Waals surface area contributed by atoms with Gasteiger partial charge in [-0.2, -0.15) is 5.10 Å². The van der Waals surface area contributed by atoms with Crippen molar-refractivity contribution in [3.8, 4) is 11.5 Å². The molecule has 10 heteroatoms. The lowest BCUT2D eigenvalue weighted by molar-refractivity contribution is -0.124. The average Bonchev–Trinajstić information content (AvgIpc) is 2.92. The Morgan fingerprint density at radius 1 is 0.949 bits per heavy atom. The van der Waals surface area contributed by atoms with Gasteiger partial charge in [0.25, 0.3) is 17.7 Å². The first-order valence-corrected chi connectivity index (χ1v) is 12.4. The molecule has 39 heavy (non-hydrogen) atoms. The summed E-state index contributed by atoms with van der Waals surface area (Å²) in [5.74, 6) is -1.40. The van der Waals surface area contributed by atoms with Crippen LogP contribution < -0.4 is 25.5 Å². The molecular formula is C29H31FN4O5. The smallest absolute Gasteiger partial charge is 0.262 e. The van der Waals surface area contributed by atoms with Crippen molar-refractivity contribution >= 4 is 29.6 Å². The fourth-order valence-corrected chi connectivity index (χ4v) is 3.47. The maximum absolute atomic E-state index is 13.8. The Morgan fingerprint density at radius 3 is 2.36 bits per heavy atom. The minimum atomic E-state index is -0.792. The second kappa shape index (κ2) is 14.3. The van der Waals surface area contributed by atoms with Gasteiger partial charge < -0.3 is 20.1 Å². The van der Waals surface area contributed by atoms with Gasteiger partial charge in [-0.3, -0.25) is 14.4 Å². The Hall–Kier alpha value is -4.73. The van der Waals surface area contributed by atoms with E-state index in [4.69, 9.17) is 9.47 Å². The summed E-state index contributed by atoms with van der Waals surface area (Å²) in [6.45, 7) is 5.42. The van der Waals surface area contributed by atoms with Crippen LogP contribution in [0.5, 0.6) is 11.5 Å². The summed E-state index contributed by atoms with van der Waals surface area (Å²) < 4.78 is 24.9. The largest absolute Gasteiger partial charge is 0.490 e. The number of nitrogens with one attached hydrogen (secondary N) is 3. The molecule has 9 nitrogen and oxygen atoms in total. The highest BCUT2D eigenvalue weighted by Gasteiger charge is 2.24. The van der Waals surface area contributed by atoms with Crippen LogP contribution in [-0.2, 0) is 9.59 Å². The van der Waals surface area contributed by atoms with Crippen LogP contribution in [0, 0.1) is 11.7 Å². The predicted octanol–water partition coefficient (Wildman–Crippen LogP) is 4.15. The third-order valence-electron chi connectivity index (χ3n) is 5.43. The van der Waals surface area contributed by atoms with Crippen LogP contribution in [-0.4, -0.2) is 43.2 Å². The Morgan fingerprint density at radius 2 is 1.67 bits per heavy atom. The third-order valence-corrected chi connectivity index (χ3v) is 5.43. The molecule has 0 fully saturated rings. The number of rotatable bonds is 12. The molecule has 3 rings (SSSR count). The summed E-state index contributed by atoms with van der Waals surface area (Å²) in [6, 6.07) is 18.6. The predicted molar refractivity (Wildman–Crippen MR) is 146 cm³/mol. The minimum Gasteiger partial charge on any atom is -0.490 e. The molecule has 3 N–H and O–H groups in total. The van der Waals surface area contributed by atoms with Gasteiger partial charge in [0.05, 0.1) is 18.5 Å². The van der Waals surface area contributed by atoms with E-state index in [0.717, 1.165) is 0 Å². The van der Waals surface area contributed by atoms with Gasteiger partial charge >= 0.3 is 0 Å². The van der Waals surface area contributed by atoms with E-state index in [2.05, 4.69) is 21.2 Å². The lowest BCUT2D eigenvalue weighted by atomic mass is 10.0. The molecule has 0 saturated heterocycles. The molecular weight excluding hydrogens is 503 g/mol. The molecule has 0 saturated carbocycles. The number of carbonyl (C=O) groups is 3. The number of nitrogens with zero attached hydrogens (tertiary/aromatic N) is 1. The van der Waals surface area contributed by atoms with Crippen molar-refractivity contribution in [2.75, 3.05) is 18.5 Å². The summed E-state index contributed by atoms with van der Waals surface area (Å²) in [6.07, 6.45) is 1.42. The van der Waals surface area contributed by atoms with Gasteiger partial charge in [0, 0.05) is 5.56 Å². The van der Waals surface area contributed by atoms with E-state index in [1.54, 1.807) is 61.5 Å². The van der Waals surface area contributed by atoms with Gasteiger partial charge in [-0.25, -0.2) is 9.82 Å². The Kier molecular flexibility index (Phi) is 10.6. The van der Waals surface area contributed by atoms with Crippen LogP contribution in [0.3, 0.4) is 0 Å². The van der Waals surface area contributed by atoms with E-state index >= 15 is 0 Å². The fraction of sp³-hybridized carbons (Fsp3) is 0.241. The van der Waals surface area contributed by atoms with Gasteiger partial charge in [0.15, 0.2) is 18.1 Å². The van der Waals surface area contributed by atoms with Crippen LogP contribution in [0.2, 0.25) is 0 Å². The Bertz CT molecular complexity index is 1310. The first-order valence-electron chi connectivity index (χ1n) is 12.4. The Labute approximate surface area is 226 Å². The molecule has 0 aliphatic rings. The van der Waals surface area contributed by atoms with Crippen molar-refractivity contribution in [1.82, 2.24) is 10.7 Å². The van der Waals surface area contributed by atoms with Crippen molar-refractivity contribution in [3.63, 3.8) is 0 Å². The van der Waals surface area contributed by atoms with Crippen molar-refractivity contribution in [1.29, 1.82) is 0 Å². The summed E-state index contributed by atoms with van der Waals surface area (Å²) in [7, 11) is 0. The second-order valence-electron chi connectivity index (χ2n) is 8.75. The van der Waals surface area contributed by atoms with Gasteiger partial charge in [-0.1, -0.05) is 44.2 Å². The van der Waals surface area contributed by atoms with E-state index in [0.29, 0.717) is 29.2 Å². The zero-order valence-corrected chi connectivity index (χ0v) is 21.9. The highest BCUT2D eigenvalue weighted by Crippen LogP contribution is 2.28. The molecule has 3 aromatic rings. The van der Waals surface area contributed by atoms with Crippen LogP contribution >= 0.6 is 0 Å². The molecule has 0 radical (unpaired) electrons. The number of hydrogen-bond donors (Lipinski definition) is 3. The molecule has 204 valence electrons. The first kappa shape index (κ1) is 28.8. The van der Waals surface area contributed by atoms with Crippen molar-refractivity contribution in [3.05, 3.63) is 89.7 Å². The lowest BCUT2D eigenvalue weighted by Crippen LogP contribution is -2.48. The number of carbonyl (C=O) groups excluding carboxylic acids is 3. The summed E-state index contributed by atoms with van der Waals surface area (Å²) >= 11 is 0. The van der Waals surface area contributed by atoms with Crippen LogP contribution in [0.4, 0.5) is 10.1 Å². The highest BCUT2D eigenvalue weighted by molar-refractivity contribution is 5.97. The summed E-state index contributed by atoms with van der Waals surface area (Å²) in [5, 5.41) is 9.21. The molecule has 0 bridgehead atoms. The molecule has 1 atom stereocenters. The number of benzene rings is 3. The standard InChI is InChI=1S/C29H31FN4O5/c1-4-38-25-16-20(14-15-24(25)39-18-26(35)32-23-13-9-8-12-22(23)30)17-31-34-29(37)27(19(2)3)33-28(36)21-10-6-5-7-11-21/h5-17,19,27H,4,18H2,1-3H3,(H,32,35)(H,33,36)(H,34,37)/b31-17+. The quantitative estimate of drug-likeness (QED) is 0.238. The molecule has 0 spiro atoms. The van der Waals surface area contributed by atoms with Crippen molar-refractivity contribution < 1.29 is 28.2 Å². The number of hydrogen-bond acceptors (Lipinski definition) is 6. The van der Waals surface area contributed by atoms with Gasteiger partial charge in [-0.05, 0) is 60.9 Å². The summed E-state index contributed by atoms with van der Waals surface area (Å²) in [4.78, 5) is 37.4. The number of anilines is 1. The number of para-hydroxylation sites is 1. The lowest BCUT2D eigenvalue weighted by Gasteiger charge is -2.20. The SMILES string of the molecule is CCOc1cc(/C=N/NC(=O)C(NC(=O)c2ccccc2)C(C)C)ccc1OCC(=O)Nc1ccccc1F. The monoisotopic (exact) mass is 534 g/mol. The fourth-order valence-electron chi connectivity index (χ4n) is 3.47. The molecule has 0 aliphatic carbocycles. The van der Waals surface area contributed by atoms with Gasteiger partial charge in [0.2, 0.25) is 0 Å². The van der Waals surface area contributed by atoms with E-state index in [1.165, 1.54) is 24.4 Å². The molecule has 1 unspecified atom stereocenters. The number of halogens is 1. The van der Waals surface area contributed by atoms with Crippen LogP contribution in [0.1, 0.15) is 36.7 Å². The average molecular weight is 535 g/mol. The zero-order chi connectivity index (χ0) is 28.2. The van der Waals surface area contributed by atoms with Gasteiger partial charge in [0.1, 0.15) is 11.9 Å². The minimum absolute atomic E-state index is 0.0593. The van der Waals surface area contributed by atoms with Crippen molar-refractivity contribution in [2.24, 2.45) is 11.0 Å². The van der Waals surface area contributed by atoms with Crippen molar-refractivity contribution in [2.45, 2.75) is 26.8 Å². The second-order valence-corrected chi connectivity index (χ2v) is 8.75. The molecule has 3 aromatic carbocycles. The molecule has 0 aliphatic heterocycles. The van der Waals surface area contributed by atoms with Crippen LogP contribution in [0.25, 0.3) is 0 Å². The van der Waals surface area contributed by atoms with E-state index in [9.17, 15) is 18.8 Å². The van der Waals surface area contributed by atoms with Gasteiger partial charge in [-0.15, -0.1) is 0 Å². The maximum atomic E-state index is 13.8. The topological polar surface area (TPSA) is 118 Å². The highest BCUT2D eigenvalue weighted by atomic mass is 19.1. The van der Waals surface area contributed by atoms with Crippen LogP contribution in [0.15, 0.2) is 77.9 Å². The third kappa shape index (κ3) is 8.67. The van der Waals surface area contributed by atoms with E-state index in [1.807, 2.05) is 13.8 Å². The molecule has 0 heterocycles. The number of ether oxygens (including phenoxy) is 2. The van der Waals surface area contributed by atoms with E-state index < -0.39 is 23.7 Å². The molecule has 3 amide bonds. The maximum Gasteiger partial charge on any atom is 0.262 e. The van der Waals surface area contributed by atoms with E-state index in [-0.39, 0.29) is 24.1 Å². The number of hydrazone groups is 1. The Balaban J connectivity index is 1.60.